The van der Waals surface area contributed by atoms with E-state index in [-0.39, 0.29) is 0 Å². The van der Waals surface area contributed by atoms with E-state index >= 15 is 0 Å². The predicted octanol–water partition coefficient (Wildman–Crippen LogP) is 0.135. The first kappa shape index (κ1) is 9.19. The minimum absolute atomic E-state index is 1.08. The van der Waals surface area contributed by atoms with Crippen LogP contribution in [0, 0.1) is 0 Å². The Labute approximate surface area is 42.5 Å². The molecule has 0 spiro atoms. The Morgan fingerprint density at radius 1 is 1.80 bits per heavy atom. The van der Waals surface area contributed by atoms with Crippen LogP contribution in [0.3, 0.4) is 0 Å². The van der Waals surface area contributed by atoms with Gasteiger partial charge in [0.05, 0.1) is 8.69 Å². The molecule has 0 saturated carbocycles. The number of hydrogen-bond donors (Lipinski definition) is 0. The SMILES string of the molecule is O=P[O-].[CH3][Zn+]. The van der Waals surface area contributed by atoms with Crippen LogP contribution in [0.5, 0.6) is 0 Å². The average Bonchev–Trinajstić information content (AvgIpc) is 1.46. The molecule has 0 aliphatic heterocycles. The maximum atomic E-state index is 8.35. The molecule has 0 saturated heterocycles. The molecule has 0 fully saturated rings. The fraction of sp³-hybridized carbons (Fsp3) is 1.00. The summed E-state index contributed by atoms with van der Waals surface area (Å²) in [6.07, 6.45) is 0. The first-order chi connectivity index (χ1) is 2.41. The summed E-state index contributed by atoms with van der Waals surface area (Å²) in [5.74, 6) is 0. The van der Waals surface area contributed by atoms with E-state index in [1.807, 2.05) is 0 Å². The van der Waals surface area contributed by atoms with Crippen LogP contribution in [-0.2, 0) is 22.9 Å². The summed E-state index contributed by atoms with van der Waals surface area (Å²) in [6, 6.07) is 0. The molecule has 0 atom stereocenters. The van der Waals surface area contributed by atoms with Crippen LogP contribution in [0.15, 0.2) is 0 Å². The Morgan fingerprint density at radius 3 is 1.80 bits per heavy atom. The van der Waals surface area contributed by atoms with Gasteiger partial charge in [0.15, 0.2) is 0 Å². The number of rotatable bonds is 0. The van der Waals surface area contributed by atoms with Gasteiger partial charge in [-0.3, -0.25) is 4.57 Å². The van der Waals surface area contributed by atoms with E-state index < -0.39 is 8.69 Å². The quantitative estimate of drug-likeness (QED) is 0.357. The van der Waals surface area contributed by atoms with Gasteiger partial charge in [0.2, 0.25) is 0 Å². The molecule has 0 N–H and O–H groups in total. The van der Waals surface area contributed by atoms with Crippen molar-refractivity contribution in [2.24, 2.45) is 0 Å². The van der Waals surface area contributed by atoms with E-state index in [2.05, 4.69) is 5.52 Å². The van der Waals surface area contributed by atoms with Gasteiger partial charge in [0.25, 0.3) is 0 Å². The van der Waals surface area contributed by atoms with Gasteiger partial charge in [0.1, 0.15) is 0 Å². The van der Waals surface area contributed by atoms with Crippen molar-refractivity contribution < 1.29 is 27.8 Å². The molecule has 0 aliphatic carbocycles. The molecule has 0 bridgehead atoms. The van der Waals surface area contributed by atoms with Crippen molar-refractivity contribution in [1.82, 2.24) is 0 Å². The second-order valence-electron chi connectivity index (χ2n) is 0.0745. The number of hydrogen-bond acceptors (Lipinski definition) is 2. The molecule has 0 aromatic carbocycles. The third-order valence-electron chi connectivity index (χ3n) is 0. The van der Waals surface area contributed by atoms with Gasteiger partial charge < -0.3 is 4.89 Å². The molecule has 26 valence electrons. The van der Waals surface area contributed by atoms with Gasteiger partial charge in [-0.15, -0.1) is 0 Å². The van der Waals surface area contributed by atoms with Gasteiger partial charge in [-0.2, -0.15) is 0 Å². The van der Waals surface area contributed by atoms with Gasteiger partial charge in [-0.25, -0.2) is 0 Å². The van der Waals surface area contributed by atoms with Gasteiger partial charge >= 0.3 is 23.8 Å². The summed E-state index contributed by atoms with van der Waals surface area (Å²) in [5, 5.41) is 0. The molecule has 0 aliphatic rings. The van der Waals surface area contributed by atoms with Crippen LogP contribution in [0.1, 0.15) is 0 Å². The zero-order valence-corrected chi connectivity index (χ0v) is 6.83. The molecule has 0 aromatic rings. The first-order valence-corrected chi connectivity index (χ1v) is 4.77. The Morgan fingerprint density at radius 2 is 1.80 bits per heavy atom. The zero-order valence-electron chi connectivity index (χ0n) is 2.97. The molecule has 4 heteroatoms. The fourth-order valence-electron chi connectivity index (χ4n) is 0. The summed E-state index contributed by atoms with van der Waals surface area (Å²) in [4.78, 5) is 8.35. The third kappa shape index (κ3) is 72.2. The maximum absolute atomic E-state index is 8.35. The first-order valence-electron chi connectivity index (χ1n) is 1.07. The summed E-state index contributed by atoms with van der Waals surface area (Å²) in [5.41, 5.74) is 2.12. The molecule has 0 radical (unpaired) electrons. The van der Waals surface area contributed by atoms with Gasteiger partial charge in [0, 0.05) is 0 Å². The Balaban J connectivity index is 0. The van der Waals surface area contributed by atoms with E-state index in [4.69, 9.17) is 9.46 Å². The fourth-order valence-corrected chi connectivity index (χ4v) is 0. The molecule has 0 unspecified atom stereocenters. The van der Waals surface area contributed by atoms with Gasteiger partial charge in [-0.05, 0) is 0 Å². The van der Waals surface area contributed by atoms with Crippen molar-refractivity contribution in [3.63, 3.8) is 0 Å². The third-order valence-corrected chi connectivity index (χ3v) is 0. The van der Waals surface area contributed by atoms with E-state index in [0.29, 0.717) is 0 Å². The van der Waals surface area contributed by atoms with E-state index in [1.54, 1.807) is 0 Å². The molecule has 0 heterocycles. The van der Waals surface area contributed by atoms with Crippen molar-refractivity contribution in [1.29, 1.82) is 0 Å². The Kier molecular flexibility index (Phi) is 41.2. The standard InChI is InChI=1S/CH3.HO2P.Zn/c;1-3-2;/h1H3;(H,1,2);/q;;+1/p-1. The summed E-state index contributed by atoms with van der Waals surface area (Å²) in [7, 11) is -1.08. The molecule has 5 heavy (non-hydrogen) atoms. The van der Waals surface area contributed by atoms with Crippen LogP contribution >= 0.6 is 8.69 Å². The van der Waals surface area contributed by atoms with Crippen molar-refractivity contribution in [2.45, 2.75) is 5.52 Å². The summed E-state index contributed by atoms with van der Waals surface area (Å²) < 4.78 is 8.35. The Bertz CT molecular complexity index is 17.1. The zero-order chi connectivity index (χ0) is 4.71. The van der Waals surface area contributed by atoms with Crippen molar-refractivity contribution in [3.05, 3.63) is 0 Å². The van der Waals surface area contributed by atoms with Crippen LogP contribution in [0.4, 0.5) is 0 Å². The second kappa shape index (κ2) is 22.4. The average molecular weight is 143 g/mol. The molecular formula is CH3O2PZn. The van der Waals surface area contributed by atoms with E-state index in [0.717, 1.165) is 0 Å². The van der Waals surface area contributed by atoms with E-state index in [1.165, 1.54) is 18.3 Å². The van der Waals surface area contributed by atoms with Crippen molar-refractivity contribution in [2.75, 3.05) is 0 Å². The molecule has 2 nitrogen and oxygen atoms in total. The molecule has 0 aromatic heterocycles. The molecular weight excluding hydrogens is 140 g/mol. The van der Waals surface area contributed by atoms with Crippen molar-refractivity contribution >= 4 is 8.69 Å². The molecule has 0 rings (SSSR count). The normalized spacial score (nSPS) is 5.60. The summed E-state index contributed by atoms with van der Waals surface area (Å²) >= 11 is 1.38. The molecule has 0 amide bonds. The monoisotopic (exact) mass is 142 g/mol. The van der Waals surface area contributed by atoms with Crippen LogP contribution in [-0.4, -0.2) is 0 Å². The summed E-state index contributed by atoms with van der Waals surface area (Å²) in [6.45, 7) is 0. The minimum atomic E-state index is -1.08. The van der Waals surface area contributed by atoms with Crippen LogP contribution in [0.2, 0.25) is 5.52 Å². The van der Waals surface area contributed by atoms with Crippen LogP contribution < -0.4 is 4.89 Å². The van der Waals surface area contributed by atoms with Crippen molar-refractivity contribution in [3.8, 4) is 0 Å². The van der Waals surface area contributed by atoms with Crippen LogP contribution in [0.25, 0.3) is 0 Å². The topological polar surface area (TPSA) is 40.1 Å². The second-order valence-corrected chi connectivity index (χ2v) is 0.224. The van der Waals surface area contributed by atoms with Gasteiger partial charge in [-0.1, -0.05) is 0 Å². The Hall–Kier alpha value is 0.683. The predicted molar refractivity (Wildman–Crippen MR) is 13.5 cm³/mol. The van der Waals surface area contributed by atoms with E-state index in [9.17, 15) is 0 Å².